The Morgan fingerprint density at radius 1 is 0.903 bits per heavy atom. The molecule has 0 saturated carbocycles. The molecule has 6 nitrogen and oxygen atoms in total. The summed E-state index contributed by atoms with van der Waals surface area (Å²) in [5.41, 5.74) is 0. The smallest absolute Gasteiger partial charge is 0.359 e. The number of amidine groups is 1. The van der Waals surface area contributed by atoms with E-state index >= 15 is 0 Å². The fraction of sp³-hybridized carbons (Fsp3) is 0.875. The first kappa shape index (κ1) is 30.1. The molecule has 184 valence electrons. The Morgan fingerprint density at radius 3 is 1.87 bits per heavy atom. The maximum Gasteiger partial charge on any atom is 0.397 e. The molecule has 1 aliphatic rings. The second-order valence-electron chi connectivity index (χ2n) is 8.16. The van der Waals surface area contributed by atoms with Gasteiger partial charge in [0.1, 0.15) is 0 Å². The van der Waals surface area contributed by atoms with Crippen molar-refractivity contribution in [3.63, 3.8) is 0 Å². The normalized spacial score (nSPS) is 14.1. The van der Waals surface area contributed by atoms with Gasteiger partial charge in [-0.15, -0.1) is 0 Å². The lowest BCUT2D eigenvalue weighted by molar-refractivity contribution is 0.324. The van der Waals surface area contributed by atoms with Gasteiger partial charge in [-0.1, -0.05) is 76.9 Å². The van der Waals surface area contributed by atoms with Crippen molar-refractivity contribution in [2.75, 3.05) is 26.7 Å². The van der Waals surface area contributed by atoms with Crippen LogP contribution >= 0.6 is 0 Å². The van der Waals surface area contributed by atoms with E-state index in [1.54, 1.807) is 0 Å². The average Bonchev–Trinajstić information content (AvgIpc) is 3.21. The maximum atomic E-state index is 9.33. The van der Waals surface area contributed by atoms with Gasteiger partial charge in [0, 0.05) is 19.5 Å². The van der Waals surface area contributed by atoms with Gasteiger partial charge >= 0.3 is 10.4 Å². The molecule has 0 bridgehead atoms. The number of hydrogen-bond acceptors (Lipinski definition) is 5. The summed E-state index contributed by atoms with van der Waals surface area (Å²) in [6.45, 7) is 7.83. The van der Waals surface area contributed by atoms with Gasteiger partial charge in [-0.2, -0.15) is 8.42 Å². The van der Waals surface area contributed by atoms with Crippen molar-refractivity contribution in [3.05, 3.63) is 12.2 Å². The SMILES string of the molecule is CCCCCCCCC=CCCCCCCCCC1=NCCN1CC.COS(=O)(=O)O. The van der Waals surface area contributed by atoms with Crippen molar-refractivity contribution in [1.82, 2.24) is 4.90 Å². The van der Waals surface area contributed by atoms with Crippen molar-refractivity contribution < 1.29 is 17.2 Å². The molecule has 0 aromatic rings. The van der Waals surface area contributed by atoms with Crippen LogP contribution in [0.2, 0.25) is 0 Å². The van der Waals surface area contributed by atoms with E-state index in [0.717, 1.165) is 26.7 Å². The highest BCUT2D eigenvalue weighted by Crippen LogP contribution is 2.13. The Labute approximate surface area is 192 Å². The number of hydrogen-bond donors (Lipinski definition) is 1. The Morgan fingerprint density at radius 2 is 1.39 bits per heavy atom. The number of nitrogens with zero attached hydrogens (tertiary/aromatic N) is 2. The largest absolute Gasteiger partial charge is 0.397 e. The van der Waals surface area contributed by atoms with E-state index in [-0.39, 0.29) is 0 Å². The molecule has 0 aromatic carbocycles. The van der Waals surface area contributed by atoms with Crippen molar-refractivity contribution in [2.45, 2.75) is 110 Å². The highest BCUT2D eigenvalue weighted by Gasteiger charge is 2.13. The summed E-state index contributed by atoms with van der Waals surface area (Å²) in [5, 5.41) is 0. The fourth-order valence-electron chi connectivity index (χ4n) is 3.64. The van der Waals surface area contributed by atoms with Crippen LogP contribution in [0, 0.1) is 0 Å². The molecular formula is C24H48N2O4S. The number of aliphatic imine (C=N–C) groups is 1. The van der Waals surface area contributed by atoms with Crippen molar-refractivity contribution in [3.8, 4) is 0 Å². The molecular weight excluding hydrogens is 412 g/mol. The van der Waals surface area contributed by atoms with Gasteiger partial charge < -0.3 is 4.90 Å². The third-order valence-corrected chi connectivity index (χ3v) is 5.96. The molecule has 0 amide bonds. The molecule has 0 atom stereocenters. The van der Waals surface area contributed by atoms with E-state index in [9.17, 15) is 8.42 Å². The second kappa shape index (κ2) is 21.0. The minimum Gasteiger partial charge on any atom is -0.359 e. The molecule has 1 N–H and O–H groups in total. The van der Waals surface area contributed by atoms with E-state index in [1.807, 2.05) is 0 Å². The average molecular weight is 461 g/mol. The van der Waals surface area contributed by atoms with Gasteiger partial charge in [0.05, 0.1) is 19.5 Å². The van der Waals surface area contributed by atoms with Crippen LogP contribution in [-0.2, 0) is 14.6 Å². The number of unbranched alkanes of at least 4 members (excludes halogenated alkanes) is 12. The van der Waals surface area contributed by atoms with Crippen LogP contribution in [0.5, 0.6) is 0 Å². The summed E-state index contributed by atoms with van der Waals surface area (Å²) in [6, 6.07) is 0. The van der Waals surface area contributed by atoms with Gasteiger partial charge in [-0.3, -0.25) is 13.7 Å². The van der Waals surface area contributed by atoms with E-state index in [0.29, 0.717) is 0 Å². The molecule has 0 spiro atoms. The summed E-state index contributed by atoms with van der Waals surface area (Å²) in [6.07, 6.45) is 25.4. The highest BCUT2D eigenvalue weighted by atomic mass is 32.3. The van der Waals surface area contributed by atoms with E-state index in [4.69, 9.17) is 4.55 Å². The van der Waals surface area contributed by atoms with Crippen LogP contribution in [0.3, 0.4) is 0 Å². The standard InChI is InChI=1S/C23H44N2.CH4O4S/c1-3-5-6-7-8-9-10-11-12-13-14-15-16-17-18-19-20-23-24-21-22-25(23)4-2;1-5-6(2,3)4/h11-12H,3-10,13-22H2,1-2H3;1H3,(H,2,3,4). The van der Waals surface area contributed by atoms with Crippen LogP contribution in [0.25, 0.3) is 0 Å². The van der Waals surface area contributed by atoms with Crippen LogP contribution < -0.4 is 0 Å². The van der Waals surface area contributed by atoms with E-state index in [2.05, 4.69) is 40.1 Å². The van der Waals surface area contributed by atoms with E-state index < -0.39 is 10.4 Å². The predicted octanol–water partition coefficient (Wildman–Crippen LogP) is 6.58. The molecule has 0 unspecified atom stereocenters. The number of likely N-dealkylation sites (N-methyl/N-ethyl adjacent to an activating group) is 1. The summed E-state index contributed by atoms with van der Waals surface area (Å²) in [4.78, 5) is 7.07. The van der Waals surface area contributed by atoms with Gasteiger partial charge in [0.2, 0.25) is 0 Å². The zero-order valence-corrected chi connectivity index (χ0v) is 21.2. The molecule has 0 radical (unpaired) electrons. The lowest BCUT2D eigenvalue weighted by Gasteiger charge is -2.17. The van der Waals surface area contributed by atoms with Gasteiger partial charge in [-0.25, -0.2) is 0 Å². The third-order valence-electron chi connectivity index (χ3n) is 5.53. The van der Waals surface area contributed by atoms with E-state index in [1.165, 1.54) is 102 Å². The van der Waals surface area contributed by atoms with Gasteiger partial charge in [-0.05, 0) is 39.0 Å². The number of allylic oxidation sites excluding steroid dienone is 2. The van der Waals surface area contributed by atoms with Crippen LogP contribution in [0.15, 0.2) is 17.1 Å². The zero-order chi connectivity index (χ0) is 23.2. The summed E-state index contributed by atoms with van der Waals surface area (Å²) < 4.78 is 29.7. The van der Waals surface area contributed by atoms with Gasteiger partial charge in [0.15, 0.2) is 0 Å². The van der Waals surface area contributed by atoms with Crippen LogP contribution in [-0.4, -0.2) is 50.5 Å². The monoisotopic (exact) mass is 460 g/mol. The second-order valence-corrected chi connectivity index (χ2v) is 9.35. The Balaban J connectivity index is 0.00000131. The molecule has 1 heterocycles. The molecule has 0 aromatic heterocycles. The maximum absolute atomic E-state index is 9.33. The molecule has 0 saturated heterocycles. The predicted molar refractivity (Wildman–Crippen MR) is 132 cm³/mol. The molecule has 7 heteroatoms. The van der Waals surface area contributed by atoms with Crippen LogP contribution in [0.1, 0.15) is 110 Å². The topological polar surface area (TPSA) is 79.2 Å². The van der Waals surface area contributed by atoms with Crippen molar-refractivity contribution in [1.29, 1.82) is 0 Å². The first-order valence-electron chi connectivity index (χ1n) is 12.4. The first-order valence-corrected chi connectivity index (χ1v) is 13.8. The third kappa shape index (κ3) is 20.7. The Hall–Kier alpha value is -0.920. The lowest BCUT2D eigenvalue weighted by atomic mass is 10.1. The Kier molecular flexibility index (Phi) is 20.3. The minimum atomic E-state index is -4.16. The Bertz CT molecular complexity index is 562. The first-order chi connectivity index (χ1) is 14.9. The fourth-order valence-corrected chi connectivity index (χ4v) is 3.64. The lowest BCUT2D eigenvalue weighted by Crippen LogP contribution is -2.27. The van der Waals surface area contributed by atoms with Crippen LogP contribution in [0.4, 0.5) is 0 Å². The molecule has 1 aliphatic heterocycles. The summed E-state index contributed by atoms with van der Waals surface area (Å²) in [7, 11) is -3.29. The summed E-state index contributed by atoms with van der Waals surface area (Å²) in [5.74, 6) is 1.37. The van der Waals surface area contributed by atoms with Crippen molar-refractivity contribution in [2.24, 2.45) is 4.99 Å². The zero-order valence-electron chi connectivity index (χ0n) is 20.4. The van der Waals surface area contributed by atoms with Crippen molar-refractivity contribution >= 4 is 16.2 Å². The summed E-state index contributed by atoms with van der Waals surface area (Å²) >= 11 is 0. The van der Waals surface area contributed by atoms with Gasteiger partial charge in [0.25, 0.3) is 0 Å². The number of rotatable bonds is 18. The molecule has 0 fully saturated rings. The quantitative estimate of drug-likeness (QED) is 0.142. The minimum absolute atomic E-state index is 0.870. The molecule has 0 aliphatic carbocycles. The molecule has 31 heavy (non-hydrogen) atoms. The highest BCUT2D eigenvalue weighted by molar-refractivity contribution is 7.80. The molecule has 1 rings (SSSR count).